The van der Waals surface area contributed by atoms with Gasteiger partial charge in [-0.25, -0.2) is 4.37 Å². The quantitative estimate of drug-likeness (QED) is 0.548. The maximum atomic E-state index is 11.1. The number of hydrogen-bond donors (Lipinski definition) is 0. The third-order valence-corrected chi connectivity index (χ3v) is 2.18. The minimum atomic E-state index is -1.87. The van der Waals surface area contributed by atoms with Gasteiger partial charge in [-0.2, -0.15) is 0 Å². The molecule has 0 radical (unpaired) electrons. The normalized spacial score (nSPS) is 11.5. The van der Waals surface area contributed by atoms with Crippen molar-refractivity contribution in [2.24, 2.45) is 0 Å². The van der Waals surface area contributed by atoms with Crippen molar-refractivity contribution in [3.05, 3.63) is 17.1 Å². The van der Waals surface area contributed by atoms with Crippen LogP contribution in [0.1, 0.15) is 9.67 Å². The Balaban J connectivity index is 2.88. The number of ketones is 1. The Labute approximate surface area is 82.2 Å². The van der Waals surface area contributed by atoms with E-state index in [1.807, 2.05) is 0 Å². The highest BCUT2D eigenvalue weighted by Crippen LogP contribution is 2.31. The molecule has 0 amide bonds. The Bertz CT molecular complexity index is 253. The molecule has 0 aromatic carbocycles. The third kappa shape index (κ3) is 2.30. The van der Waals surface area contributed by atoms with Gasteiger partial charge in [0.15, 0.2) is 0 Å². The van der Waals surface area contributed by atoms with E-state index >= 15 is 0 Å². The molecular weight excluding hydrogens is 228 g/mol. The summed E-state index contributed by atoms with van der Waals surface area (Å²) in [6.45, 7) is 0. The van der Waals surface area contributed by atoms with E-state index in [1.54, 1.807) is 0 Å². The average molecular weight is 231 g/mol. The summed E-state index contributed by atoms with van der Waals surface area (Å²) in [7, 11) is 0. The fourth-order valence-corrected chi connectivity index (χ4v) is 1.54. The minimum absolute atomic E-state index is 0.352. The molecule has 0 fully saturated rings. The summed E-state index contributed by atoms with van der Waals surface area (Å²) < 4.78 is 1.83. The second-order valence-corrected chi connectivity index (χ2v) is 4.82. The predicted molar refractivity (Wildman–Crippen MR) is 46.7 cm³/mol. The van der Waals surface area contributed by atoms with Crippen molar-refractivity contribution in [1.29, 1.82) is 0 Å². The van der Waals surface area contributed by atoms with Crippen LogP contribution in [0.2, 0.25) is 0 Å². The van der Waals surface area contributed by atoms with Gasteiger partial charge in [0.25, 0.3) is 3.79 Å². The molecule has 0 saturated heterocycles. The lowest BCUT2D eigenvalue weighted by molar-refractivity contribution is 0.1000. The van der Waals surface area contributed by atoms with Crippen LogP contribution in [-0.4, -0.2) is 13.9 Å². The van der Waals surface area contributed by atoms with Gasteiger partial charge in [-0.15, -0.1) is 0 Å². The highest BCUT2D eigenvalue weighted by Gasteiger charge is 2.32. The Morgan fingerprint density at radius 1 is 1.55 bits per heavy atom. The van der Waals surface area contributed by atoms with Gasteiger partial charge >= 0.3 is 0 Å². The van der Waals surface area contributed by atoms with E-state index in [0.717, 1.165) is 11.5 Å². The van der Waals surface area contributed by atoms with Crippen molar-refractivity contribution in [2.45, 2.75) is 3.79 Å². The minimum Gasteiger partial charge on any atom is -0.288 e. The molecule has 0 aliphatic rings. The lowest BCUT2D eigenvalue weighted by atomic mass is 10.4. The van der Waals surface area contributed by atoms with Crippen LogP contribution < -0.4 is 0 Å². The lowest BCUT2D eigenvalue weighted by Crippen LogP contribution is -2.17. The molecule has 1 aromatic heterocycles. The van der Waals surface area contributed by atoms with Crippen LogP contribution in [0.4, 0.5) is 0 Å². The van der Waals surface area contributed by atoms with E-state index in [-0.39, 0.29) is 0 Å². The lowest BCUT2D eigenvalue weighted by Gasteiger charge is -2.05. The molecular formula is C5H2Cl3NOS. The summed E-state index contributed by atoms with van der Waals surface area (Å²) >= 11 is 17.0. The van der Waals surface area contributed by atoms with Crippen LogP contribution >= 0.6 is 46.3 Å². The summed E-state index contributed by atoms with van der Waals surface area (Å²) in [5.41, 5.74) is 0. The highest BCUT2D eigenvalue weighted by molar-refractivity contribution is 7.09. The monoisotopic (exact) mass is 229 g/mol. The molecule has 0 N–H and O–H groups in total. The molecule has 60 valence electrons. The summed E-state index contributed by atoms with van der Waals surface area (Å²) in [6, 6.07) is 1.51. The largest absolute Gasteiger partial charge is 0.288 e. The second kappa shape index (κ2) is 3.27. The predicted octanol–water partition coefficient (Wildman–Crippen LogP) is 2.70. The first-order valence-corrected chi connectivity index (χ1v) is 4.45. The van der Waals surface area contributed by atoms with Gasteiger partial charge in [0.2, 0.25) is 5.78 Å². The van der Waals surface area contributed by atoms with E-state index in [9.17, 15) is 4.79 Å². The fraction of sp³-hybridized carbons (Fsp3) is 0.200. The molecule has 0 saturated carbocycles. The fourth-order valence-electron chi connectivity index (χ4n) is 0.473. The number of hydrogen-bond acceptors (Lipinski definition) is 3. The van der Waals surface area contributed by atoms with E-state index in [1.165, 1.54) is 12.3 Å². The van der Waals surface area contributed by atoms with Crippen LogP contribution in [0.5, 0.6) is 0 Å². The molecule has 0 bridgehead atoms. The summed E-state index contributed by atoms with van der Waals surface area (Å²) in [4.78, 5) is 11.5. The van der Waals surface area contributed by atoms with Crippen LogP contribution in [0.15, 0.2) is 12.3 Å². The Morgan fingerprint density at radius 2 is 2.18 bits per heavy atom. The molecule has 2 nitrogen and oxygen atoms in total. The van der Waals surface area contributed by atoms with Gasteiger partial charge in [-0.3, -0.25) is 4.79 Å². The number of nitrogens with zero attached hydrogens (tertiary/aromatic N) is 1. The first-order chi connectivity index (χ1) is 5.02. The maximum Gasteiger partial charge on any atom is 0.254 e. The number of alkyl halides is 3. The first kappa shape index (κ1) is 9.26. The third-order valence-electron chi connectivity index (χ3n) is 0.919. The van der Waals surface area contributed by atoms with Crippen molar-refractivity contribution < 1.29 is 4.79 Å². The van der Waals surface area contributed by atoms with E-state index in [4.69, 9.17) is 34.8 Å². The first-order valence-electron chi connectivity index (χ1n) is 2.54. The molecule has 0 aliphatic carbocycles. The molecule has 0 spiro atoms. The number of Topliss-reactive ketones (excluding diaryl/α,β-unsaturated/α-hetero) is 1. The van der Waals surface area contributed by atoms with Crippen LogP contribution in [-0.2, 0) is 0 Å². The second-order valence-electron chi connectivity index (χ2n) is 1.70. The van der Waals surface area contributed by atoms with Gasteiger partial charge in [-0.05, 0) is 17.6 Å². The van der Waals surface area contributed by atoms with Crippen LogP contribution in [0, 0.1) is 0 Å². The van der Waals surface area contributed by atoms with Crippen LogP contribution in [0.25, 0.3) is 0 Å². The molecule has 6 heteroatoms. The standard InChI is InChI=1S/C5H2Cl3NOS/c6-5(7,8)4(10)3-1-2-9-11-3/h1-2H. The smallest absolute Gasteiger partial charge is 0.254 e. The van der Waals surface area contributed by atoms with Crippen molar-refractivity contribution in [3.63, 3.8) is 0 Å². The van der Waals surface area contributed by atoms with E-state index < -0.39 is 9.58 Å². The molecule has 11 heavy (non-hydrogen) atoms. The highest BCUT2D eigenvalue weighted by atomic mass is 35.6. The molecule has 1 heterocycles. The van der Waals surface area contributed by atoms with Gasteiger partial charge in [0, 0.05) is 6.20 Å². The summed E-state index contributed by atoms with van der Waals surface area (Å²) in [5.74, 6) is -0.537. The number of halogens is 3. The zero-order valence-corrected chi connectivity index (χ0v) is 8.14. The molecule has 1 rings (SSSR count). The zero-order valence-electron chi connectivity index (χ0n) is 5.05. The number of carbonyl (C=O) groups is 1. The van der Waals surface area contributed by atoms with Crippen molar-refractivity contribution in [1.82, 2.24) is 4.37 Å². The topological polar surface area (TPSA) is 30.0 Å². The summed E-state index contributed by atoms with van der Waals surface area (Å²) in [6.07, 6.45) is 1.48. The van der Waals surface area contributed by atoms with Crippen molar-refractivity contribution in [3.8, 4) is 0 Å². The molecule has 0 aliphatic heterocycles. The SMILES string of the molecule is O=C(c1ccns1)C(Cl)(Cl)Cl. The van der Waals surface area contributed by atoms with Crippen molar-refractivity contribution >= 4 is 52.1 Å². The number of carbonyl (C=O) groups excluding carboxylic acids is 1. The van der Waals surface area contributed by atoms with Crippen molar-refractivity contribution in [2.75, 3.05) is 0 Å². The summed E-state index contributed by atoms with van der Waals surface area (Å²) in [5, 5.41) is 0. The van der Waals surface area contributed by atoms with Gasteiger partial charge < -0.3 is 0 Å². The zero-order chi connectivity index (χ0) is 8.48. The molecule has 0 atom stereocenters. The Hall–Kier alpha value is 0.170. The van der Waals surface area contributed by atoms with Crippen LogP contribution in [0.3, 0.4) is 0 Å². The van der Waals surface area contributed by atoms with Gasteiger partial charge in [0.05, 0.1) is 4.88 Å². The average Bonchev–Trinajstić information content (AvgIpc) is 2.34. The number of rotatable bonds is 1. The van der Waals surface area contributed by atoms with E-state index in [0.29, 0.717) is 4.88 Å². The molecule has 1 aromatic rings. The Kier molecular flexibility index (Phi) is 2.75. The number of aromatic nitrogens is 1. The molecule has 0 unspecified atom stereocenters. The van der Waals surface area contributed by atoms with E-state index in [2.05, 4.69) is 4.37 Å². The maximum absolute atomic E-state index is 11.1. The Morgan fingerprint density at radius 3 is 2.55 bits per heavy atom. The van der Waals surface area contributed by atoms with Gasteiger partial charge in [0.1, 0.15) is 0 Å². The van der Waals surface area contributed by atoms with Gasteiger partial charge in [-0.1, -0.05) is 34.8 Å².